The van der Waals surface area contributed by atoms with Gasteiger partial charge in [0.25, 0.3) is 0 Å². The maximum atomic E-state index is 13.0. The molecule has 1 N–H and O–H groups in total. The molecule has 2 rings (SSSR count). The second-order valence-corrected chi connectivity index (χ2v) is 3.63. The van der Waals surface area contributed by atoms with Crippen LogP contribution in [0.3, 0.4) is 0 Å². The lowest BCUT2D eigenvalue weighted by molar-refractivity contribution is 0.115. The lowest BCUT2D eigenvalue weighted by atomic mass is 10.0. The second-order valence-electron chi connectivity index (χ2n) is 3.63. The van der Waals surface area contributed by atoms with E-state index in [0.717, 1.165) is 12.0 Å². The number of hydrogen-bond acceptors (Lipinski definition) is 2. The molecule has 0 radical (unpaired) electrons. The van der Waals surface area contributed by atoms with E-state index < -0.39 is 6.09 Å². The summed E-state index contributed by atoms with van der Waals surface area (Å²) in [5, 5.41) is 2.70. The maximum Gasteiger partial charge on any atom is 0.407 e. The van der Waals surface area contributed by atoms with Crippen molar-refractivity contribution in [2.45, 2.75) is 19.4 Å². The van der Waals surface area contributed by atoms with Crippen LogP contribution in [0.2, 0.25) is 0 Å². The number of aryl methyl sites for hydroxylation is 1. The summed E-state index contributed by atoms with van der Waals surface area (Å²) in [6.07, 6.45) is 0.310. The molecule has 1 aromatic rings. The van der Waals surface area contributed by atoms with Crippen LogP contribution >= 0.6 is 12.4 Å². The van der Waals surface area contributed by atoms with Gasteiger partial charge >= 0.3 is 6.09 Å². The summed E-state index contributed by atoms with van der Waals surface area (Å²) < 4.78 is 17.8. The van der Waals surface area contributed by atoms with Crippen molar-refractivity contribution >= 4 is 18.5 Å². The van der Waals surface area contributed by atoms with Crippen molar-refractivity contribution in [1.29, 1.82) is 0 Å². The van der Waals surface area contributed by atoms with E-state index in [9.17, 15) is 9.18 Å². The molecular weight excluding hydrogens is 233 g/mol. The fourth-order valence-corrected chi connectivity index (χ4v) is 1.66. The van der Waals surface area contributed by atoms with E-state index in [4.69, 9.17) is 4.74 Å². The van der Waals surface area contributed by atoms with Gasteiger partial charge in [0.2, 0.25) is 0 Å². The van der Waals surface area contributed by atoms with Crippen molar-refractivity contribution in [2.75, 3.05) is 6.61 Å². The van der Waals surface area contributed by atoms with Gasteiger partial charge in [0.1, 0.15) is 5.82 Å². The molecule has 1 fully saturated rings. The van der Waals surface area contributed by atoms with Gasteiger partial charge in [-0.25, -0.2) is 9.18 Å². The van der Waals surface area contributed by atoms with E-state index in [2.05, 4.69) is 5.32 Å². The number of ether oxygens (including phenoxy) is 1. The first-order chi connectivity index (χ1) is 7.16. The lowest BCUT2D eigenvalue weighted by Crippen LogP contribution is -2.35. The molecule has 88 valence electrons. The zero-order valence-electron chi connectivity index (χ0n) is 8.83. The number of halogens is 2. The number of nitrogens with one attached hydrogen (secondary N) is 1. The Morgan fingerprint density at radius 2 is 2.25 bits per heavy atom. The first-order valence-electron chi connectivity index (χ1n) is 4.86. The number of rotatable bonds is 1. The van der Waals surface area contributed by atoms with Crippen LogP contribution < -0.4 is 5.32 Å². The molecule has 1 amide bonds. The Balaban J connectivity index is 0.00000128. The predicted molar refractivity (Wildman–Crippen MR) is 60.2 cm³/mol. The highest BCUT2D eigenvalue weighted by atomic mass is 35.5. The largest absolute Gasteiger partial charge is 0.449 e. The van der Waals surface area contributed by atoms with Crippen LogP contribution in [0.25, 0.3) is 0 Å². The van der Waals surface area contributed by atoms with Crippen LogP contribution in [-0.4, -0.2) is 12.7 Å². The molecule has 1 aliphatic rings. The molecule has 0 saturated carbocycles. The third kappa shape index (κ3) is 2.64. The van der Waals surface area contributed by atoms with E-state index in [1.807, 2.05) is 0 Å². The van der Waals surface area contributed by atoms with Crippen molar-refractivity contribution in [3.8, 4) is 0 Å². The molecule has 0 aromatic heterocycles. The highest BCUT2D eigenvalue weighted by molar-refractivity contribution is 5.85. The molecule has 0 aliphatic carbocycles. The number of carbonyl (C=O) groups excluding carboxylic acids is 1. The van der Waals surface area contributed by atoms with Gasteiger partial charge in [-0.2, -0.15) is 0 Å². The molecule has 1 atom stereocenters. The summed E-state index contributed by atoms with van der Waals surface area (Å²) in [5.41, 5.74) is 1.51. The second kappa shape index (κ2) is 5.16. The van der Waals surface area contributed by atoms with Crippen LogP contribution in [0.5, 0.6) is 0 Å². The highest BCUT2D eigenvalue weighted by Crippen LogP contribution is 2.21. The molecule has 1 heterocycles. The predicted octanol–water partition coefficient (Wildman–Crippen LogP) is 2.73. The minimum atomic E-state index is -0.409. The highest BCUT2D eigenvalue weighted by Gasteiger charge is 2.20. The quantitative estimate of drug-likeness (QED) is 0.826. The number of alkyl carbamates (subject to hydrolysis) is 1. The number of carbonyl (C=O) groups is 1. The summed E-state index contributed by atoms with van der Waals surface area (Å²) in [6, 6.07) is 4.81. The van der Waals surface area contributed by atoms with Gasteiger partial charge in [0.15, 0.2) is 0 Å². The number of cyclic esters (lactones) is 1. The Kier molecular flexibility index (Phi) is 4.12. The van der Waals surface area contributed by atoms with Crippen molar-refractivity contribution in [1.82, 2.24) is 5.32 Å². The van der Waals surface area contributed by atoms with Gasteiger partial charge < -0.3 is 10.1 Å². The Bertz CT molecular complexity index is 398. The lowest BCUT2D eigenvalue weighted by Gasteiger charge is -2.23. The SMILES string of the molecule is Cc1cc([C@H]2CCOC(=O)N2)ccc1F.Cl. The van der Waals surface area contributed by atoms with Crippen LogP contribution in [0, 0.1) is 12.7 Å². The smallest absolute Gasteiger partial charge is 0.407 e. The van der Waals surface area contributed by atoms with Gasteiger partial charge in [-0.15, -0.1) is 12.4 Å². The molecule has 5 heteroatoms. The molecule has 1 aliphatic heterocycles. The average Bonchev–Trinajstić information content (AvgIpc) is 2.22. The number of hydrogen-bond donors (Lipinski definition) is 1. The summed E-state index contributed by atoms with van der Waals surface area (Å²) in [4.78, 5) is 11.0. The van der Waals surface area contributed by atoms with Crippen molar-refractivity contribution in [3.05, 3.63) is 35.1 Å². The minimum Gasteiger partial charge on any atom is -0.449 e. The van der Waals surface area contributed by atoms with E-state index in [1.54, 1.807) is 19.1 Å². The monoisotopic (exact) mass is 245 g/mol. The molecule has 0 unspecified atom stereocenters. The van der Waals surface area contributed by atoms with Gasteiger partial charge in [-0.1, -0.05) is 12.1 Å². The van der Waals surface area contributed by atoms with Gasteiger partial charge in [0.05, 0.1) is 12.6 Å². The Morgan fingerprint density at radius 3 is 2.88 bits per heavy atom. The summed E-state index contributed by atoms with van der Waals surface area (Å²) in [5.74, 6) is -0.225. The Morgan fingerprint density at radius 1 is 1.50 bits per heavy atom. The fourth-order valence-electron chi connectivity index (χ4n) is 1.66. The van der Waals surface area contributed by atoms with Crippen molar-refractivity contribution in [3.63, 3.8) is 0 Å². The molecule has 3 nitrogen and oxygen atoms in total. The molecule has 0 spiro atoms. The van der Waals surface area contributed by atoms with E-state index in [0.29, 0.717) is 12.2 Å². The normalized spacial score (nSPS) is 19.4. The Hall–Kier alpha value is -1.29. The summed E-state index contributed by atoms with van der Waals surface area (Å²) in [7, 11) is 0. The third-order valence-corrected chi connectivity index (χ3v) is 2.52. The number of benzene rings is 1. The first-order valence-corrected chi connectivity index (χ1v) is 4.86. The van der Waals surface area contributed by atoms with Crippen LogP contribution in [0.4, 0.5) is 9.18 Å². The van der Waals surface area contributed by atoms with Crippen LogP contribution in [0.1, 0.15) is 23.6 Å². The first kappa shape index (κ1) is 12.8. The third-order valence-electron chi connectivity index (χ3n) is 2.52. The average molecular weight is 246 g/mol. The summed E-state index contributed by atoms with van der Waals surface area (Å²) in [6.45, 7) is 2.12. The van der Waals surface area contributed by atoms with Crippen molar-refractivity contribution in [2.24, 2.45) is 0 Å². The van der Waals surface area contributed by atoms with E-state index in [1.165, 1.54) is 6.07 Å². The molecule has 1 aromatic carbocycles. The van der Waals surface area contributed by atoms with Gasteiger partial charge in [-0.3, -0.25) is 0 Å². The fraction of sp³-hybridized carbons (Fsp3) is 0.364. The van der Waals surface area contributed by atoms with Gasteiger partial charge in [-0.05, 0) is 24.1 Å². The zero-order chi connectivity index (χ0) is 10.8. The topological polar surface area (TPSA) is 38.3 Å². The van der Waals surface area contributed by atoms with Gasteiger partial charge in [0, 0.05) is 6.42 Å². The molecule has 0 bridgehead atoms. The van der Waals surface area contributed by atoms with E-state index in [-0.39, 0.29) is 24.3 Å². The van der Waals surface area contributed by atoms with Crippen LogP contribution in [0.15, 0.2) is 18.2 Å². The molecular formula is C11H13ClFNO2. The van der Waals surface area contributed by atoms with E-state index >= 15 is 0 Å². The standard InChI is InChI=1S/C11H12FNO2.ClH/c1-7-6-8(2-3-9(7)12)10-4-5-15-11(14)13-10;/h2-3,6,10H,4-5H2,1H3,(H,13,14);1H/t10-;/m1./s1. The Labute approximate surface area is 99.4 Å². The minimum absolute atomic E-state index is 0. The molecule has 16 heavy (non-hydrogen) atoms. The summed E-state index contributed by atoms with van der Waals surface area (Å²) >= 11 is 0. The van der Waals surface area contributed by atoms with Crippen molar-refractivity contribution < 1.29 is 13.9 Å². The maximum absolute atomic E-state index is 13.0. The number of amides is 1. The zero-order valence-corrected chi connectivity index (χ0v) is 9.64. The molecule has 1 saturated heterocycles. The van der Waals surface area contributed by atoms with Crippen LogP contribution in [-0.2, 0) is 4.74 Å².